The van der Waals surface area contributed by atoms with E-state index in [9.17, 15) is 14.4 Å². The fourth-order valence-corrected chi connectivity index (χ4v) is 3.10. The third kappa shape index (κ3) is 4.08. The number of rotatable bonds is 5. The van der Waals surface area contributed by atoms with Crippen molar-refractivity contribution in [3.8, 4) is 0 Å². The molecule has 0 aromatic heterocycles. The maximum Gasteiger partial charge on any atom is 0.407 e. The highest BCUT2D eigenvalue weighted by Crippen LogP contribution is 2.21. The average Bonchev–Trinajstić information content (AvgIpc) is 3.21. The van der Waals surface area contributed by atoms with Crippen molar-refractivity contribution in [2.75, 3.05) is 6.54 Å². The summed E-state index contributed by atoms with van der Waals surface area (Å²) in [5.74, 6) is -0.874. The van der Waals surface area contributed by atoms with Gasteiger partial charge in [0.15, 0.2) is 0 Å². The Kier molecular flexibility index (Phi) is 5.18. The van der Waals surface area contributed by atoms with Crippen molar-refractivity contribution >= 4 is 18.0 Å². The zero-order valence-electron chi connectivity index (χ0n) is 13.6. The van der Waals surface area contributed by atoms with E-state index in [0.717, 1.165) is 10.5 Å². The average molecular weight is 348 g/mol. The standard InChI is InChI=1S/C17H20N2O6/c20-14-9-12(16(25-14)24-10-11-5-2-1-3-6-11)18-15(21)13-7-4-8-19(13)17(22)23/h1-3,5-6,12-13,16H,4,7-10H2,(H,18,21)(H,22,23). The summed E-state index contributed by atoms with van der Waals surface area (Å²) >= 11 is 0. The molecule has 0 spiro atoms. The second-order valence-corrected chi connectivity index (χ2v) is 6.11. The molecule has 8 heteroatoms. The predicted octanol–water partition coefficient (Wildman–Crippen LogP) is 1.10. The minimum atomic E-state index is -1.12. The van der Waals surface area contributed by atoms with Crippen LogP contribution in [0, 0.1) is 0 Å². The molecule has 2 aliphatic heterocycles. The summed E-state index contributed by atoms with van der Waals surface area (Å²) in [6.07, 6.45) is -0.886. The van der Waals surface area contributed by atoms with E-state index in [1.165, 1.54) is 0 Å². The zero-order chi connectivity index (χ0) is 17.8. The lowest BCUT2D eigenvalue weighted by Gasteiger charge is -2.24. The number of amides is 2. The van der Waals surface area contributed by atoms with Crippen LogP contribution in [0.3, 0.4) is 0 Å². The fourth-order valence-electron chi connectivity index (χ4n) is 3.10. The number of carboxylic acid groups (broad SMARTS) is 1. The number of benzene rings is 1. The maximum absolute atomic E-state index is 12.4. The molecule has 0 aliphatic carbocycles. The first-order valence-corrected chi connectivity index (χ1v) is 8.19. The normalized spacial score (nSPS) is 25.7. The van der Waals surface area contributed by atoms with Crippen LogP contribution >= 0.6 is 0 Å². The first-order valence-electron chi connectivity index (χ1n) is 8.19. The van der Waals surface area contributed by atoms with Gasteiger partial charge in [-0.2, -0.15) is 0 Å². The van der Waals surface area contributed by atoms with Gasteiger partial charge in [0.05, 0.1) is 13.0 Å². The lowest BCUT2D eigenvalue weighted by Crippen LogP contribution is -2.50. The van der Waals surface area contributed by atoms with Gasteiger partial charge >= 0.3 is 12.1 Å². The molecule has 8 nitrogen and oxygen atoms in total. The second-order valence-electron chi connectivity index (χ2n) is 6.11. The highest BCUT2D eigenvalue weighted by molar-refractivity contribution is 5.86. The van der Waals surface area contributed by atoms with Gasteiger partial charge in [0.2, 0.25) is 12.2 Å². The van der Waals surface area contributed by atoms with Gasteiger partial charge in [-0.25, -0.2) is 4.79 Å². The number of nitrogens with one attached hydrogen (secondary N) is 1. The van der Waals surface area contributed by atoms with E-state index in [1.54, 1.807) is 0 Å². The number of likely N-dealkylation sites (tertiary alicyclic amines) is 1. The zero-order valence-corrected chi connectivity index (χ0v) is 13.6. The fraction of sp³-hybridized carbons (Fsp3) is 0.471. The Hall–Kier alpha value is -2.61. The summed E-state index contributed by atoms with van der Waals surface area (Å²) in [5.41, 5.74) is 0.920. The van der Waals surface area contributed by atoms with Crippen LogP contribution in [-0.4, -0.2) is 52.9 Å². The largest absolute Gasteiger partial charge is 0.465 e. The van der Waals surface area contributed by atoms with Crippen LogP contribution in [0.2, 0.25) is 0 Å². The van der Waals surface area contributed by atoms with E-state index < -0.39 is 36.3 Å². The Labute approximate surface area is 144 Å². The smallest absolute Gasteiger partial charge is 0.407 e. The van der Waals surface area contributed by atoms with Crippen molar-refractivity contribution in [3.05, 3.63) is 35.9 Å². The van der Waals surface area contributed by atoms with Crippen LogP contribution in [0.1, 0.15) is 24.8 Å². The number of hydrogen-bond donors (Lipinski definition) is 2. The molecule has 3 rings (SSSR count). The summed E-state index contributed by atoms with van der Waals surface area (Å²) in [5, 5.41) is 11.8. The molecule has 2 heterocycles. The summed E-state index contributed by atoms with van der Waals surface area (Å²) in [4.78, 5) is 36.3. The molecule has 1 aromatic rings. The van der Waals surface area contributed by atoms with Crippen molar-refractivity contribution in [2.24, 2.45) is 0 Å². The van der Waals surface area contributed by atoms with Crippen molar-refractivity contribution in [2.45, 2.75) is 44.2 Å². The summed E-state index contributed by atoms with van der Waals surface area (Å²) in [7, 11) is 0. The van der Waals surface area contributed by atoms with Crippen molar-refractivity contribution in [1.82, 2.24) is 10.2 Å². The highest BCUT2D eigenvalue weighted by atomic mass is 16.7. The minimum Gasteiger partial charge on any atom is -0.465 e. The highest BCUT2D eigenvalue weighted by Gasteiger charge is 2.40. The van der Waals surface area contributed by atoms with Gasteiger partial charge in [-0.3, -0.25) is 14.5 Å². The van der Waals surface area contributed by atoms with E-state index in [1.807, 2.05) is 30.3 Å². The molecule has 25 heavy (non-hydrogen) atoms. The third-order valence-electron chi connectivity index (χ3n) is 4.35. The van der Waals surface area contributed by atoms with E-state index in [0.29, 0.717) is 19.4 Å². The molecule has 2 N–H and O–H groups in total. The predicted molar refractivity (Wildman–Crippen MR) is 85.4 cm³/mol. The van der Waals surface area contributed by atoms with Gasteiger partial charge in [0, 0.05) is 6.54 Å². The van der Waals surface area contributed by atoms with Crippen LogP contribution < -0.4 is 5.32 Å². The van der Waals surface area contributed by atoms with Crippen molar-refractivity contribution in [1.29, 1.82) is 0 Å². The summed E-state index contributed by atoms with van der Waals surface area (Å²) in [6.45, 7) is 0.581. The lowest BCUT2D eigenvalue weighted by atomic mass is 10.1. The third-order valence-corrected chi connectivity index (χ3v) is 4.35. The minimum absolute atomic E-state index is 0.00495. The molecule has 3 atom stereocenters. The Morgan fingerprint density at radius 2 is 2.08 bits per heavy atom. The molecule has 0 radical (unpaired) electrons. The van der Waals surface area contributed by atoms with Crippen LogP contribution in [0.15, 0.2) is 30.3 Å². The van der Waals surface area contributed by atoms with E-state index >= 15 is 0 Å². The molecule has 2 saturated heterocycles. The van der Waals surface area contributed by atoms with E-state index in [-0.39, 0.29) is 13.0 Å². The van der Waals surface area contributed by atoms with E-state index in [4.69, 9.17) is 14.6 Å². The number of cyclic esters (lactones) is 1. The van der Waals surface area contributed by atoms with Gasteiger partial charge in [0.1, 0.15) is 12.1 Å². The molecule has 2 amide bonds. The molecule has 0 bridgehead atoms. The van der Waals surface area contributed by atoms with Crippen LogP contribution in [0.5, 0.6) is 0 Å². The Balaban J connectivity index is 1.58. The molecule has 2 aliphatic rings. The van der Waals surface area contributed by atoms with Crippen molar-refractivity contribution < 1.29 is 29.0 Å². The number of carbonyl (C=O) groups is 3. The van der Waals surface area contributed by atoms with Gasteiger partial charge in [-0.1, -0.05) is 30.3 Å². The molecular weight excluding hydrogens is 328 g/mol. The Morgan fingerprint density at radius 1 is 1.32 bits per heavy atom. The quantitative estimate of drug-likeness (QED) is 0.772. The first-order chi connectivity index (χ1) is 12.0. The van der Waals surface area contributed by atoms with Gasteiger partial charge in [-0.15, -0.1) is 0 Å². The number of esters is 1. The summed E-state index contributed by atoms with van der Waals surface area (Å²) < 4.78 is 10.7. The number of nitrogens with zero attached hydrogens (tertiary/aromatic N) is 1. The SMILES string of the molecule is O=C1CC(NC(=O)C2CCCN2C(=O)O)C(OCc2ccccc2)O1. The number of ether oxygens (including phenoxy) is 2. The van der Waals surface area contributed by atoms with Gasteiger partial charge < -0.3 is 19.9 Å². The monoisotopic (exact) mass is 348 g/mol. The van der Waals surface area contributed by atoms with Gasteiger partial charge in [0.25, 0.3) is 0 Å². The lowest BCUT2D eigenvalue weighted by molar-refractivity contribution is -0.168. The second kappa shape index (κ2) is 7.52. The number of hydrogen-bond acceptors (Lipinski definition) is 5. The molecule has 2 fully saturated rings. The molecule has 3 unspecified atom stereocenters. The first kappa shape index (κ1) is 17.2. The van der Waals surface area contributed by atoms with Crippen LogP contribution in [-0.2, 0) is 25.7 Å². The molecule has 0 saturated carbocycles. The summed E-state index contributed by atoms with van der Waals surface area (Å²) in [6, 6.07) is 8.04. The molecular formula is C17H20N2O6. The van der Waals surface area contributed by atoms with Crippen LogP contribution in [0.4, 0.5) is 4.79 Å². The molecule has 134 valence electrons. The number of carbonyl (C=O) groups excluding carboxylic acids is 2. The Bertz CT molecular complexity index is 650. The maximum atomic E-state index is 12.4. The van der Waals surface area contributed by atoms with Gasteiger partial charge in [-0.05, 0) is 18.4 Å². The topological polar surface area (TPSA) is 105 Å². The van der Waals surface area contributed by atoms with Crippen molar-refractivity contribution in [3.63, 3.8) is 0 Å². The molecule has 1 aromatic carbocycles. The van der Waals surface area contributed by atoms with E-state index in [2.05, 4.69) is 5.32 Å². The van der Waals surface area contributed by atoms with Crippen LogP contribution in [0.25, 0.3) is 0 Å². The Morgan fingerprint density at radius 3 is 2.80 bits per heavy atom.